The summed E-state index contributed by atoms with van der Waals surface area (Å²) in [6, 6.07) is 12.8. The fourth-order valence-corrected chi connectivity index (χ4v) is 1.60. The molecule has 0 atom stereocenters. The Bertz CT molecular complexity index is 531. The first-order chi connectivity index (χ1) is 8.24. The smallest absolute Gasteiger partial charge is 0.248 e. The van der Waals surface area contributed by atoms with Crippen LogP contribution in [-0.4, -0.2) is 5.91 Å². The summed E-state index contributed by atoms with van der Waals surface area (Å²) < 4.78 is 5.87. The quantitative estimate of drug-likeness (QED) is 0.877. The van der Waals surface area contributed by atoms with Gasteiger partial charge in [0.2, 0.25) is 5.91 Å². The molecule has 2 aromatic rings. The zero-order valence-corrected chi connectivity index (χ0v) is 10.5. The Hall–Kier alpha value is -1.81. The number of para-hydroxylation sites is 1. The lowest BCUT2D eigenvalue weighted by molar-refractivity contribution is -0.111. The molecule has 0 saturated heterocycles. The Morgan fingerprint density at radius 3 is 2.59 bits per heavy atom. The molecule has 0 unspecified atom stereocenters. The van der Waals surface area contributed by atoms with E-state index in [0.717, 1.165) is 5.69 Å². The average molecular weight is 292 g/mol. The van der Waals surface area contributed by atoms with Gasteiger partial charge in [0.15, 0.2) is 4.67 Å². The van der Waals surface area contributed by atoms with Crippen LogP contribution < -0.4 is 5.32 Å². The van der Waals surface area contributed by atoms with Crippen LogP contribution in [0.15, 0.2) is 57.6 Å². The van der Waals surface area contributed by atoms with Gasteiger partial charge in [-0.3, -0.25) is 4.79 Å². The summed E-state index contributed by atoms with van der Waals surface area (Å²) in [4.78, 5) is 11.5. The van der Waals surface area contributed by atoms with Crippen LogP contribution in [0.2, 0.25) is 0 Å². The van der Waals surface area contributed by atoms with Crippen LogP contribution in [0.5, 0.6) is 0 Å². The number of amides is 1. The van der Waals surface area contributed by atoms with Crippen LogP contribution in [-0.2, 0) is 4.79 Å². The summed E-state index contributed by atoms with van der Waals surface area (Å²) in [6.45, 7) is 0. The molecule has 1 N–H and O–H groups in total. The Morgan fingerprint density at radius 2 is 1.94 bits per heavy atom. The molecule has 0 aliphatic heterocycles. The fraction of sp³-hybridized carbons (Fsp3) is 0. The molecule has 0 fully saturated rings. The number of anilines is 1. The highest BCUT2D eigenvalue weighted by atomic mass is 79.9. The van der Waals surface area contributed by atoms with Crippen LogP contribution in [0.3, 0.4) is 0 Å². The van der Waals surface area contributed by atoms with Crippen LogP contribution in [0.25, 0.3) is 6.08 Å². The van der Waals surface area contributed by atoms with E-state index in [2.05, 4.69) is 21.2 Å². The van der Waals surface area contributed by atoms with Gasteiger partial charge in [-0.2, -0.15) is 0 Å². The number of halogens is 1. The van der Waals surface area contributed by atoms with E-state index >= 15 is 0 Å². The number of nitrogens with one attached hydrogen (secondary N) is 1. The van der Waals surface area contributed by atoms with E-state index in [9.17, 15) is 4.79 Å². The van der Waals surface area contributed by atoms with Gasteiger partial charge in [0.05, 0.1) is 0 Å². The highest BCUT2D eigenvalue weighted by Crippen LogP contribution is 2.15. The van der Waals surface area contributed by atoms with Gasteiger partial charge in [-0.05, 0) is 46.3 Å². The van der Waals surface area contributed by atoms with Gasteiger partial charge in [0.25, 0.3) is 0 Å². The third-order valence-corrected chi connectivity index (χ3v) is 2.46. The maximum Gasteiger partial charge on any atom is 0.248 e. The van der Waals surface area contributed by atoms with Crippen molar-refractivity contribution in [2.45, 2.75) is 0 Å². The zero-order chi connectivity index (χ0) is 12.1. The van der Waals surface area contributed by atoms with Crippen LogP contribution in [0.4, 0.5) is 5.69 Å². The van der Waals surface area contributed by atoms with Crippen LogP contribution in [0.1, 0.15) is 5.76 Å². The highest BCUT2D eigenvalue weighted by molar-refractivity contribution is 9.10. The molecule has 17 heavy (non-hydrogen) atoms. The van der Waals surface area contributed by atoms with Crippen molar-refractivity contribution in [3.8, 4) is 0 Å². The first kappa shape index (κ1) is 11.7. The molecule has 4 heteroatoms. The van der Waals surface area contributed by atoms with Crippen molar-refractivity contribution in [1.29, 1.82) is 0 Å². The lowest BCUT2D eigenvalue weighted by Gasteiger charge is -1.99. The van der Waals surface area contributed by atoms with E-state index in [4.69, 9.17) is 4.42 Å². The van der Waals surface area contributed by atoms with E-state index in [1.54, 1.807) is 18.2 Å². The van der Waals surface area contributed by atoms with Crippen molar-refractivity contribution < 1.29 is 9.21 Å². The third-order valence-electron chi connectivity index (χ3n) is 2.03. The largest absolute Gasteiger partial charge is 0.450 e. The summed E-state index contributed by atoms with van der Waals surface area (Å²) in [5, 5.41) is 2.74. The second-order valence-corrected chi connectivity index (χ2v) is 4.11. The highest BCUT2D eigenvalue weighted by Gasteiger charge is 1.98. The summed E-state index contributed by atoms with van der Waals surface area (Å²) in [5.41, 5.74) is 0.766. The van der Waals surface area contributed by atoms with Crippen LogP contribution in [0, 0.1) is 0 Å². The Morgan fingerprint density at radius 1 is 1.18 bits per heavy atom. The van der Waals surface area contributed by atoms with Gasteiger partial charge in [-0.15, -0.1) is 0 Å². The van der Waals surface area contributed by atoms with E-state index < -0.39 is 0 Å². The monoisotopic (exact) mass is 291 g/mol. The molecule has 0 radical (unpaired) electrons. The van der Waals surface area contributed by atoms with Crippen molar-refractivity contribution in [3.05, 3.63) is 59.0 Å². The molecular weight excluding hydrogens is 282 g/mol. The maximum absolute atomic E-state index is 11.5. The fourth-order valence-electron chi connectivity index (χ4n) is 1.28. The predicted molar refractivity (Wildman–Crippen MR) is 70.5 cm³/mol. The predicted octanol–water partition coefficient (Wildman–Crippen LogP) is 3.69. The zero-order valence-electron chi connectivity index (χ0n) is 8.89. The number of hydrogen-bond acceptors (Lipinski definition) is 2. The lowest BCUT2D eigenvalue weighted by atomic mass is 10.3. The summed E-state index contributed by atoms with van der Waals surface area (Å²) in [7, 11) is 0. The number of hydrogen-bond donors (Lipinski definition) is 1. The lowest BCUT2D eigenvalue weighted by Crippen LogP contribution is -2.07. The molecule has 2 rings (SSSR count). The normalized spacial score (nSPS) is 10.6. The second kappa shape index (κ2) is 5.50. The van der Waals surface area contributed by atoms with E-state index in [-0.39, 0.29) is 5.91 Å². The van der Waals surface area contributed by atoms with Gasteiger partial charge in [-0.1, -0.05) is 18.2 Å². The molecule has 0 aliphatic carbocycles. The molecule has 0 spiro atoms. The summed E-state index contributed by atoms with van der Waals surface area (Å²) in [6.07, 6.45) is 3.04. The van der Waals surface area contributed by atoms with Gasteiger partial charge in [0.1, 0.15) is 5.76 Å². The number of furan rings is 1. The molecule has 1 aromatic heterocycles. The van der Waals surface area contributed by atoms with Crippen molar-refractivity contribution in [1.82, 2.24) is 0 Å². The molecule has 1 heterocycles. The van der Waals surface area contributed by atoms with Crippen molar-refractivity contribution in [3.63, 3.8) is 0 Å². The topological polar surface area (TPSA) is 42.2 Å². The number of carbonyl (C=O) groups is 1. The second-order valence-electron chi connectivity index (χ2n) is 3.33. The summed E-state index contributed by atoms with van der Waals surface area (Å²) in [5.74, 6) is 0.434. The Kier molecular flexibility index (Phi) is 3.77. The molecule has 86 valence electrons. The minimum atomic E-state index is -0.191. The molecule has 3 nitrogen and oxygen atoms in total. The van der Waals surface area contributed by atoms with E-state index in [0.29, 0.717) is 10.4 Å². The van der Waals surface area contributed by atoms with Gasteiger partial charge >= 0.3 is 0 Å². The molecule has 1 amide bonds. The van der Waals surface area contributed by atoms with Crippen LogP contribution >= 0.6 is 15.9 Å². The number of benzene rings is 1. The third kappa shape index (κ3) is 3.60. The first-order valence-electron chi connectivity index (χ1n) is 5.03. The molecule has 0 aliphatic rings. The standard InChI is InChI=1S/C13H10BrNO2/c14-12-8-6-11(17-12)7-9-13(16)15-10-4-2-1-3-5-10/h1-9H,(H,15,16)/b9-7+. The summed E-state index contributed by atoms with van der Waals surface area (Å²) >= 11 is 3.19. The minimum absolute atomic E-state index is 0.191. The molecule has 1 aromatic carbocycles. The maximum atomic E-state index is 11.5. The SMILES string of the molecule is O=C(/C=C/c1ccc(Br)o1)Nc1ccccc1. The molecule has 0 saturated carbocycles. The van der Waals surface area contributed by atoms with E-state index in [1.165, 1.54) is 6.08 Å². The Labute approximate surface area is 107 Å². The van der Waals surface area contributed by atoms with Crippen molar-refractivity contribution in [2.24, 2.45) is 0 Å². The number of rotatable bonds is 3. The minimum Gasteiger partial charge on any atom is -0.450 e. The van der Waals surface area contributed by atoms with Gasteiger partial charge in [0, 0.05) is 11.8 Å². The van der Waals surface area contributed by atoms with Crippen molar-refractivity contribution >= 4 is 33.6 Å². The molecule has 0 bridgehead atoms. The van der Waals surface area contributed by atoms with Crippen molar-refractivity contribution in [2.75, 3.05) is 5.32 Å². The number of carbonyl (C=O) groups excluding carboxylic acids is 1. The Balaban J connectivity index is 1.96. The first-order valence-corrected chi connectivity index (χ1v) is 5.83. The van der Waals surface area contributed by atoms with Gasteiger partial charge < -0.3 is 9.73 Å². The van der Waals surface area contributed by atoms with Gasteiger partial charge in [-0.25, -0.2) is 0 Å². The van der Waals surface area contributed by atoms with E-state index in [1.807, 2.05) is 30.3 Å². The molecular formula is C13H10BrNO2. The average Bonchev–Trinajstić information content (AvgIpc) is 2.74.